The van der Waals surface area contributed by atoms with Gasteiger partial charge in [0.05, 0.1) is 33.1 Å². The molecule has 0 saturated heterocycles. The monoisotopic (exact) mass is 1760 g/mol. The van der Waals surface area contributed by atoms with Gasteiger partial charge in [-0.1, -0.05) is 334 Å². The summed E-state index contributed by atoms with van der Waals surface area (Å²) in [7, 11) is 0. The molecule has 0 N–H and O–H groups in total. The van der Waals surface area contributed by atoms with Crippen molar-refractivity contribution in [3.63, 3.8) is 0 Å². The lowest BCUT2D eigenvalue weighted by molar-refractivity contribution is 0.668. The second kappa shape index (κ2) is 34.0. The van der Waals surface area contributed by atoms with E-state index < -0.39 is 0 Å². The van der Waals surface area contributed by atoms with E-state index in [4.69, 9.17) is 13.3 Å². The first-order valence-electron chi connectivity index (χ1n) is 47.1. The van der Waals surface area contributed by atoms with E-state index in [0.717, 1.165) is 105 Å². The molecule has 0 amide bonds. The number of furan rings is 3. The van der Waals surface area contributed by atoms with E-state index in [1.807, 2.05) is 0 Å². The summed E-state index contributed by atoms with van der Waals surface area (Å²) in [4.78, 5) is 0. The van der Waals surface area contributed by atoms with Gasteiger partial charge in [0.15, 0.2) is 0 Å². The normalized spacial score (nSPS) is 11.6. The Kier molecular flexibility index (Phi) is 19.9. The lowest BCUT2D eigenvalue weighted by atomic mass is 9.93. The van der Waals surface area contributed by atoms with Gasteiger partial charge in [-0.15, -0.1) is 0 Å². The molecular formula is C132H85N3O3. The van der Waals surface area contributed by atoms with Gasteiger partial charge >= 0.3 is 0 Å². The second-order valence-corrected chi connectivity index (χ2v) is 35.7. The van der Waals surface area contributed by atoms with Crippen molar-refractivity contribution >= 4 is 131 Å². The molecule has 138 heavy (non-hydrogen) atoms. The van der Waals surface area contributed by atoms with Crippen LogP contribution in [0.1, 0.15) is 0 Å². The lowest BCUT2D eigenvalue weighted by Gasteiger charge is -2.11. The Morgan fingerprint density at radius 3 is 0.623 bits per heavy atom. The highest BCUT2D eigenvalue weighted by atomic mass is 16.3. The van der Waals surface area contributed by atoms with Gasteiger partial charge in [-0.05, 0) is 282 Å². The first kappa shape index (κ1) is 80.5. The second-order valence-electron chi connectivity index (χ2n) is 35.7. The Hall–Kier alpha value is -18.4. The summed E-state index contributed by atoms with van der Waals surface area (Å²) in [5, 5.41) is 14.2. The maximum absolute atomic E-state index is 6.98. The summed E-state index contributed by atoms with van der Waals surface area (Å²) < 4.78 is 26.7. The molecule has 0 aliphatic rings. The van der Waals surface area contributed by atoms with Crippen molar-refractivity contribution in [2.45, 2.75) is 0 Å². The van der Waals surface area contributed by atoms with Crippen LogP contribution in [0.15, 0.2) is 529 Å². The molecule has 0 aliphatic heterocycles. The van der Waals surface area contributed by atoms with Gasteiger partial charge in [-0.2, -0.15) is 0 Å². The van der Waals surface area contributed by atoms with Gasteiger partial charge < -0.3 is 27.0 Å². The Morgan fingerprint density at radius 2 is 0.319 bits per heavy atom. The number of aromatic nitrogens is 3. The van der Waals surface area contributed by atoms with E-state index in [9.17, 15) is 0 Å². The van der Waals surface area contributed by atoms with Crippen LogP contribution in [0.5, 0.6) is 0 Å². The topological polar surface area (TPSA) is 54.2 Å². The fraction of sp³-hybridized carbons (Fsp3) is 0. The molecule has 6 aromatic heterocycles. The number of hydrogen-bond donors (Lipinski definition) is 0. The number of benzene rings is 22. The van der Waals surface area contributed by atoms with Crippen LogP contribution in [-0.2, 0) is 0 Å². The van der Waals surface area contributed by atoms with Crippen LogP contribution in [0.25, 0.3) is 260 Å². The average Bonchev–Trinajstić information content (AvgIpc) is 1.49. The molecule has 0 saturated carbocycles. The van der Waals surface area contributed by atoms with E-state index in [-0.39, 0.29) is 0 Å². The third-order valence-corrected chi connectivity index (χ3v) is 27.5. The van der Waals surface area contributed by atoms with Gasteiger partial charge in [0, 0.05) is 92.8 Å². The molecule has 6 nitrogen and oxygen atoms in total. The Balaban J connectivity index is 0.000000108. The summed E-state index contributed by atoms with van der Waals surface area (Å²) in [6.07, 6.45) is 0. The molecule has 0 bridgehead atoms. The van der Waals surface area contributed by atoms with Crippen LogP contribution in [0.2, 0.25) is 0 Å². The highest BCUT2D eigenvalue weighted by Crippen LogP contribution is 2.48. The minimum atomic E-state index is 0.893. The lowest BCUT2D eigenvalue weighted by Crippen LogP contribution is -1.92. The molecule has 0 radical (unpaired) electrons. The summed E-state index contributed by atoms with van der Waals surface area (Å²) in [5.74, 6) is 0. The highest BCUT2D eigenvalue weighted by molar-refractivity contribution is 6.19. The molecule has 0 aliphatic carbocycles. The fourth-order valence-corrected chi connectivity index (χ4v) is 20.9. The molecule has 22 aromatic carbocycles. The first-order chi connectivity index (χ1) is 68.4. The van der Waals surface area contributed by atoms with Gasteiger partial charge in [0.1, 0.15) is 33.5 Å². The summed E-state index contributed by atoms with van der Waals surface area (Å²) >= 11 is 0. The van der Waals surface area contributed by atoms with Crippen molar-refractivity contribution in [3.8, 4) is 128 Å². The van der Waals surface area contributed by atoms with E-state index in [2.05, 4.69) is 529 Å². The van der Waals surface area contributed by atoms with Crippen molar-refractivity contribution in [3.05, 3.63) is 516 Å². The van der Waals surface area contributed by atoms with Gasteiger partial charge in [0.2, 0.25) is 0 Å². The van der Waals surface area contributed by atoms with Crippen LogP contribution >= 0.6 is 0 Å². The van der Waals surface area contributed by atoms with Crippen LogP contribution in [-0.4, -0.2) is 13.7 Å². The standard InChI is InChI=1S/2C48H31NO.C36H23NO/c1-5-15-32(16-6-1)36-28-40(33-17-7-2-8-18-33)47-43(30-36)44-31-37(29-41(48(44)50-47)34-19-9-3-10-20-34)35-25-26-46-42(27-35)39-23-13-14-24-45(39)49(46)38-21-11-4-12-22-38;1-4-12-32(13-5-1)37-26-38(33-14-6-2-7-15-33)28-39(27-37)36-22-25-48-44(31-36)43-30-35(21-24-47(43)50-48)34-20-23-46-42(29-34)41-18-10-11-19-45(41)49(46)40-16-8-3-9-17-40;1-3-9-24(10-4-1)25-16-19-35-31(22-25)32-23-27(17-20-36(32)38-35)26-15-18-34-30(21-26)29-13-7-8-14-33(29)37(34)28-11-5-2-6-12-28/h2*1-31H;1-23H. The van der Waals surface area contributed by atoms with E-state index in [0.29, 0.717) is 0 Å². The molecule has 646 valence electrons. The van der Waals surface area contributed by atoms with Crippen LogP contribution in [0.4, 0.5) is 0 Å². The smallest absolute Gasteiger partial charge is 0.143 e. The number of nitrogens with zero attached hydrogens (tertiary/aromatic N) is 3. The van der Waals surface area contributed by atoms with Gasteiger partial charge in [0.25, 0.3) is 0 Å². The van der Waals surface area contributed by atoms with Crippen LogP contribution in [0, 0.1) is 0 Å². The third kappa shape index (κ3) is 14.4. The van der Waals surface area contributed by atoms with Crippen molar-refractivity contribution in [2.75, 3.05) is 0 Å². The predicted octanol–water partition coefficient (Wildman–Crippen LogP) is 36.7. The summed E-state index contributed by atoms with van der Waals surface area (Å²) in [5.41, 5.74) is 39.6. The molecule has 0 atom stereocenters. The molecule has 28 aromatic rings. The maximum atomic E-state index is 6.98. The van der Waals surface area contributed by atoms with E-state index in [1.165, 1.54) is 155 Å². The Morgan fingerprint density at radius 1 is 0.116 bits per heavy atom. The minimum absolute atomic E-state index is 0.893. The molecule has 0 fully saturated rings. The van der Waals surface area contributed by atoms with E-state index in [1.54, 1.807) is 0 Å². The zero-order chi connectivity index (χ0) is 91.1. The quantitative estimate of drug-likeness (QED) is 0.116. The first-order valence-corrected chi connectivity index (χ1v) is 47.1. The van der Waals surface area contributed by atoms with Crippen molar-refractivity contribution in [1.82, 2.24) is 13.7 Å². The number of hydrogen-bond acceptors (Lipinski definition) is 3. The largest absolute Gasteiger partial charge is 0.456 e. The molecule has 0 spiro atoms. The van der Waals surface area contributed by atoms with Gasteiger partial charge in [-0.3, -0.25) is 0 Å². The molecular weight excluding hydrogens is 1680 g/mol. The Bertz CT molecular complexity index is 9470. The number of fused-ring (bicyclic) bond motifs is 18. The minimum Gasteiger partial charge on any atom is -0.456 e. The zero-order valence-electron chi connectivity index (χ0n) is 75.1. The van der Waals surface area contributed by atoms with Crippen molar-refractivity contribution in [1.29, 1.82) is 0 Å². The van der Waals surface area contributed by atoms with E-state index >= 15 is 0 Å². The summed E-state index contributed by atoms with van der Waals surface area (Å²) in [6.45, 7) is 0. The highest BCUT2D eigenvalue weighted by Gasteiger charge is 2.24. The fourth-order valence-electron chi connectivity index (χ4n) is 20.9. The van der Waals surface area contributed by atoms with Crippen molar-refractivity contribution < 1.29 is 13.3 Å². The molecule has 0 unspecified atom stereocenters. The number of rotatable bonds is 13. The van der Waals surface area contributed by atoms with Crippen LogP contribution < -0.4 is 0 Å². The zero-order valence-corrected chi connectivity index (χ0v) is 75.1. The molecule has 28 rings (SSSR count). The maximum Gasteiger partial charge on any atom is 0.143 e. The molecule has 6 heteroatoms. The number of para-hydroxylation sites is 6. The average molecular weight is 1760 g/mol. The SMILES string of the molecule is c1ccc(-c2cc(-c3ccccc3)c3oc4c(-c5ccccc5)cc(-c5ccc6c(c5)c5ccccc5n6-c5ccccc5)cc4c3c2)cc1.c1ccc(-c2cc(-c3ccccc3)cc(-c3ccc4oc5ccc(-c6ccc7c(c6)c6ccccc6n7-c6ccccc6)cc5c4c3)c2)cc1.c1ccc(-c2ccc3oc4ccc(-c5ccc6c(c5)c5ccccc5n6-c5ccccc5)cc4c3c2)cc1. The summed E-state index contributed by atoms with van der Waals surface area (Å²) in [6, 6.07) is 184. The predicted molar refractivity (Wildman–Crippen MR) is 579 cm³/mol. The Labute approximate surface area is 796 Å². The van der Waals surface area contributed by atoms with Gasteiger partial charge in [-0.25, -0.2) is 0 Å². The third-order valence-electron chi connectivity index (χ3n) is 27.5. The molecule has 6 heterocycles. The van der Waals surface area contributed by atoms with Crippen LogP contribution in [0.3, 0.4) is 0 Å². The van der Waals surface area contributed by atoms with Crippen molar-refractivity contribution in [2.24, 2.45) is 0 Å².